The molecule has 0 saturated carbocycles. The highest BCUT2D eigenvalue weighted by molar-refractivity contribution is 5.97. The van der Waals surface area contributed by atoms with Crippen LogP contribution < -0.4 is 5.32 Å². The molecule has 0 fully saturated rings. The number of halogens is 1. The van der Waals surface area contributed by atoms with Gasteiger partial charge < -0.3 is 5.32 Å². The second kappa shape index (κ2) is 6.69. The van der Waals surface area contributed by atoms with Crippen LogP contribution in [0, 0.1) is 12.9 Å². The first-order valence-electron chi connectivity index (χ1n) is 10.0. The third-order valence-corrected chi connectivity index (χ3v) is 5.85. The molecule has 0 spiro atoms. The maximum Gasteiger partial charge on any atom is 0.235 e. The Labute approximate surface area is 178 Å². The van der Waals surface area contributed by atoms with Gasteiger partial charge in [-0.25, -0.2) is 9.50 Å². The number of nitrogens with zero attached hydrogens (tertiary/aromatic N) is 6. The van der Waals surface area contributed by atoms with Crippen LogP contribution in [0.4, 0.5) is 10.1 Å². The zero-order chi connectivity index (χ0) is 21.9. The van der Waals surface area contributed by atoms with E-state index in [4.69, 9.17) is 0 Å². The maximum atomic E-state index is 13.7. The van der Waals surface area contributed by atoms with Crippen LogP contribution in [0.15, 0.2) is 36.9 Å². The summed E-state index contributed by atoms with van der Waals surface area (Å²) in [5.74, 6) is -1.14. The molecule has 0 radical (unpaired) electrons. The first-order chi connectivity index (χ1) is 14.7. The molecule has 0 bridgehead atoms. The molecule has 4 heterocycles. The molecule has 31 heavy (non-hydrogen) atoms. The zero-order valence-corrected chi connectivity index (χ0v) is 17.7. The van der Waals surface area contributed by atoms with E-state index in [2.05, 4.69) is 25.5 Å². The van der Waals surface area contributed by atoms with E-state index in [0.717, 1.165) is 28.1 Å². The van der Waals surface area contributed by atoms with Gasteiger partial charge in [-0.15, -0.1) is 5.10 Å². The van der Waals surface area contributed by atoms with Gasteiger partial charge >= 0.3 is 0 Å². The summed E-state index contributed by atoms with van der Waals surface area (Å²) in [5, 5.41) is 11.1. The third kappa shape index (κ3) is 3.17. The van der Waals surface area contributed by atoms with Crippen molar-refractivity contribution in [1.29, 1.82) is 0 Å². The normalized spacial score (nSPS) is 17.1. The number of nitrogens with one attached hydrogen (secondary N) is 1. The predicted octanol–water partition coefficient (Wildman–Crippen LogP) is 3.38. The number of hydrogen-bond donors (Lipinski definition) is 1. The Morgan fingerprint density at radius 1 is 1.23 bits per heavy atom. The molecule has 1 N–H and O–H groups in total. The smallest absolute Gasteiger partial charge is 0.235 e. The van der Waals surface area contributed by atoms with Crippen molar-refractivity contribution in [2.24, 2.45) is 7.05 Å². The second-order valence-electron chi connectivity index (χ2n) is 8.72. The lowest BCUT2D eigenvalue weighted by molar-refractivity contribution is -0.117. The molecule has 0 saturated heterocycles. The van der Waals surface area contributed by atoms with Gasteiger partial charge in [-0.2, -0.15) is 9.49 Å². The Hall–Kier alpha value is -3.62. The molecule has 1 aliphatic rings. The summed E-state index contributed by atoms with van der Waals surface area (Å²) in [4.78, 5) is 22.0. The summed E-state index contributed by atoms with van der Waals surface area (Å²) in [5.41, 5.74) is 4.99. The summed E-state index contributed by atoms with van der Waals surface area (Å²) >= 11 is 0. The third-order valence-electron chi connectivity index (χ3n) is 5.85. The summed E-state index contributed by atoms with van der Waals surface area (Å²) in [7, 11) is 1.86. The van der Waals surface area contributed by atoms with Gasteiger partial charge in [0.2, 0.25) is 11.9 Å². The number of fused-ring (bicyclic) bond motifs is 3. The topological polar surface area (TPSA) is 90.0 Å². The van der Waals surface area contributed by atoms with Crippen molar-refractivity contribution in [2.45, 2.75) is 38.5 Å². The minimum atomic E-state index is -0.583. The zero-order valence-electron chi connectivity index (χ0n) is 17.7. The maximum absolute atomic E-state index is 13.7. The summed E-state index contributed by atoms with van der Waals surface area (Å²) < 4.78 is 17.0. The molecule has 1 atom stereocenters. The molecular weight excluding hydrogens is 397 g/mol. The number of carbonyl (C=O) groups excluding carboxylic acids is 1. The van der Waals surface area contributed by atoms with Crippen molar-refractivity contribution in [3.8, 4) is 11.3 Å². The Bertz CT molecular complexity index is 1340. The Morgan fingerprint density at radius 2 is 2.03 bits per heavy atom. The van der Waals surface area contributed by atoms with Crippen LogP contribution in [-0.4, -0.2) is 35.3 Å². The monoisotopic (exact) mass is 419 g/mol. The highest BCUT2D eigenvalue weighted by Crippen LogP contribution is 2.45. The van der Waals surface area contributed by atoms with Crippen molar-refractivity contribution in [1.82, 2.24) is 29.4 Å². The average Bonchev–Trinajstić information content (AvgIpc) is 3.36. The van der Waals surface area contributed by atoms with Crippen molar-refractivity contribution in [3.05, 3.63) is 59.7 Å². The van der Waals surface area contributed by atoms with Crippen molar-refractivity contribution >= 4 is 17.2 Å². The fraction of sp³-hybridized carbons (Fsp3) is 0.318. The van der Waals surface area contributed by atoms with E-state index in [1.54, 1.807) is 23.3 Å². The number of hydrogen-bond acceptors (Lipinski definition) is 5. The lowest BCUT2D eigenvalue weighted by Crippen LogP contribution is -2.21. The van der Waals surface area contributed by atoms with E-state index in [9.17, 15) is 9.18 Å². The van der Waals surface area contributed by atoms with E-state index >= 15 is 0 Å². The number of carbonyl (C=O) groups is 1. The second-order valence-corrected chi connectivity index (χ2v) is 8.72. The fourth-order valence-electron chi connectivity index (χ4n) is 4.52. The summed E-state index contributed by atoms with van der Waals surface area (Å²) in [6.07, 6.45) is 7.56. The first kappa shape index (κ1) is 19.3. The molecule has 4 aromatic rings. The van der Waals surface area contributed by atoms with Gasteiger partial charge in [-0.1, -0.05) is 13.8 Å². The van der Waals surface area contributed by atoms with Gasteiger partial charge in [0.1, 0.15) is 0 Å². The quantitative estimate of drug-likeness (QED) is 0.550. The predicted molar refractivity (Wildman–Crippen MR) is 113 cm³/mol. The van der Waals surface area contributed by atoms with Crippen molar-refractivity contribution in [2.75, 3.05) is 5.32 Å². The minimum absolute atomic E-state index is 0.143. The van der Waals surface area contributed by atoms with E-state index in [1.165, 1.54) is 10.6 Å². The van der Waals surface area contributed by atoms with Crippen molar-refractivity contribution in [3.63, 3.8) is 0 Å². The molecule has 0 aliphatic heterocycles. The first-order valence-corrected chi connectivity index (χ1v) is 10.0. The number of aryl methyl sites for hydroxylation is 2. The van der Waals surface area contributed by atoms with Crippen LogP contribution in [0.25, 0.3) is 16.9 Å². The lowest BCUT2D eigenvalue weighted by atomic mass is 9.88. The standard InChI is InChI=1S/C22H22FN7O/c1-12-5-14(9-25-19(12)13-8-26-29(4)11-13)27-21(31)15-7-22(2,3)20-16(15)10-24-18-6-17(23)28-30(18)20/h5-6,8-11,15H,7H2,1-4H3,(H,27,31). The summed E-state index contributed by atoms with van der Waals surface area (Å²) in [6.45, 7) is 6.02. The highest BCUT2D eigenvalue weighted by Gasteiger charge is 2.43. The van der Waals surface area contributed by atoms with Crippen LogP contribution in [0.1, 0.15) is 43.0 Å². The van der Waals surface area contributed by atoms with Gasteiger partial charge in [-0.05, 0) is 25.0 Å². The molecule has 8 nitrogen and oxygen atoms in total. The molecule has 1 unspecified atom stereocenters. The van der Waals surface area contributed by atoms with Crippen LogP contribution in [0.2, 0.25) is 0 Å². The van der Waals surface area contributed by atoms with Crippen LogP contribution in [0.3, 0.4) is 0 Å². The van der Waals surface area contributed by atoms with Gasteiger partial charge in [0, 0.05) is 42.0 Å². The molecule has 0 aromatic carbocycles. The number of rotatable bonds is 3. The van der Waals surface area contributed by atoms with Crippen LogP contribution in [0.5, 0.6) is 0 Å². The molecule has 9 heteroatoms. The van der Waals surface area contributed by atoms with Gasteiger partial charge in [0.05, 0.1) is 35.4 Å². The number of aromatic nitrogens is 6. The molecule has 158 valence electrons. The Balaban J connectivity index is 1.44. The highest BCUT2D eigenvalue weighted by atomic mass is 19.1. The van der Waals surface area contributed by atoms with Gasteiger partial charge in [-0.3, -0.25) is 14.5 Å². The number of pyridine rings is 1. The van der Waals surface area contributed by atoms with Crippen LogP contribution in [-0.2, 0) is 17.3 Å². The fourth-order valence-corrected chi connectivity index (χ4v) is 4.52. The minimum Gasteiger partial charge on any atom is -0.324 e. The molecule has 5 rings (SSSR count). The van der Waals surface area contributed by atoms with Crippen molar-refractivity contribution < 1.29 is 9.18 Å². The van der Waals surface area contributed by atoms with E-state index in [1.807, 2.05) is 40.1 Å². The summed E-state index contributed by atoms with van der Waals surface area (Å²) in [6, 6.07) is 3.20. The van der Waals surface area contributed by atoms with E-state index in [0.29, 0.717) is 17.8 Å². The number of anilines is 1. The Morgan fingerprint density at radius 3 is 2.74 bits per heavy atom. The van der Waals surface area contributed by atoms with Crippen LogP contribution >= 0.6 is 0 Å². The molecular formula is C22H22FN7O. The molecule has 1 amide bonds. The largest absolute Gasteiger partial charge is 0.324 e. The Kier molecular flexibility index (Phi) is 4.18. The number of amides is 1. The SMILES string of the molecule is Cc1cc(NC(=O)C2CC(C)(C)c3c2cnc2cc(F)nn32)cnc1-c1cnn(C)c1. The van der Waals surface area contributed by atoms with E-state index in [-0.39, 0.29) is 11.3 Å². The lowest BCUT2D eigenvalue weighted by Gasteiger charge is -2.19. The van der Waals surface area contributed by atoms with E-state index < -0.39 is 11.9 Å². The van der Waals surface area contributed by atoms with Gasteiger partial charge in [0.25, 0.3) is 0 Å². The average molecular weight is 419 g/mol. The van der Waals surface area contributed by atoms with Gasteiger partial charge in [0.15, 0.2) is 5.65 Å². The molecule has 1 aliphatic carbocycles. The molecule has 4 aromatic heterocycles.